The van der Waals surface area contributed by atoms with Crippen LogP contribution in [0.25, 0.3) is 0 Å². The first kappa shape index (κ1) is 35.3. The fourth-order valence-electron chi connectivity index (χ4n) is 5.69. The van der Waals surface area contributed by atoms with Gasteiger partial charge < -0.3 is 15.0 Å². The molecule has 0 bridgehead atoms. The van der Waals surface area contributed by atoms with E-state index in [4.69, 9.17) is 4.74 Å². The van der Waals surface area contributed by atoms with Crippen molar-refractivity contribution >= 4 is 17.7 Å². The first-order valence-corrected chi connectivity index (χ1v) is 14.7. The number of unbranched alkanes of at least 4 members (excludes halogenated alkanes) is 1. The summed E-state index contributed by atoms with van der Waals surface area (Å²) in [5.41, 5.74) is -2.71. The second kappa shape index (κ2) is 12.8. The molecule has 7 nitrogen and oxygen atoms in total. The smallest absolute Gasteiger partial charge is 0.409 e. The number of likely N-dealkylation sites (tertiary alicyclic amines) is 1. The third-order valence-corrected chi connectivity index (χ3v) is 6.81. The Labute approximate surface area is 239 Å². The van der Waals surface area contributed by atoms with Crippen molar-refractivity contribution in [2.45, 2.75) is 144 Å². The topological polar surface area (TPSA) is 87.7 Å². The summed E-state index contributed by atoms with van der Waals surface area (Å²) >= 11 is 0. The minimum Gasteiger partial charge on any atom is -0.449 e. The Balaban J connectivity index is 2.59. The molecule has 0 radical (unpaired) electrons. The van der Waals surface area contributed by atoms with Gasteiger partial charge in [0.1, 0.15) is 0 Å². The molecule has 0 aromatic heterocycles. The van der Waals surface area contributed by atoms with Gasteiger partial charge in [-0.1, -0.05) is 53.7 Å². The molecule has 1 rings (SSSR count). The van der Waals surface area contributed by atoms with Crippen molar-refractivity contribution in [1.29, 1.82) is 0 Å². The van der Waals surface area contributed by atoms with Crippen LogP contribution in [0, 0.1) is 10.8 Å². The Hall–Kier alpha value is -1.73. The van der Waals surface area contributed by atoms with E-state index < -0.39 is 21.9 Å². The van der Waals surface area contributed by atoms with E-state index >= 15 is 0 Å². The summed E-state index contributed by atoms with van der Waals surface area (Å²) in [4.78, 5) is 41.0. The van der Waals surface area contributed by atoms with Crippen molar-refractivity contribution in [2.75, 3.05) is 19.7 Å². The first-order valence-electron chi connectivity index (χ1n) is 14.7. The molecule has 226 valence electrons. The van der Waals surface area contributed by atoms with Gasteiger partial charge in [-0.25, -0.2) is 4.79 Å². The highest BCUT2D eigenvalue weighted by molar-refractivity contribution is 5.94. The molecule has 1 amide bonds. The molecule has 7 heteroatoms. The SMILES string of the molecule is CC(C)(C)N[C@@]1(C(=O)C(C)(C)C)CCN(C(=O)OCCC/C=C/CC[C@@](C)(NC(C)(C)C)C(=O)C(C)(C)C)C1. The molecule has 0 aliphatic carbocycles. The number of rotatable bonds is 11. The van der Waals surface area contributed by atoms with E-state index in [2.05, 4.69) is 43.6 Å². The maximum Gasteiger partial charge on any atom is 0.409 e. The number of ether oxygens (including phenoxy) is 1. The van der Waals surface area contributed by atoms with E-state index in [-0.39, 0.29) is 28.7 Å². The van der Waals surface area contributed by atoms with E-state index in [1.54, 1.807) is 4.90 Å². The lowest BCUT2D eigenvalue weighted by Gasteiger charge is -2.40. The highest BCUT2D eigenvalue weighted by Gasteiger charge is 2.51. The molecule has 0 saturated carbocycles. The van der Waals surface area contributed by atoms with Crippen molar-refractivity contribution in [3.05, 3.63) is 12.2 Å². The number of carbonyl (C=O) groups excluding carboxylic acids is 3. The zero-order valence-corrected chi connectivity index (χ0v) is 27.4. The van der Waals surface area contributed by atoms with Gasteiger partial charge in [0.2, 0.25) is 0 Å². The minimum atomic E-state index is -0.761. The molecule has 1 heterocycles. The van der Waals surface area contributed by atoms with Crippen LogP contribution in [0.5, 0.6) is 0 Å². The summed E-state index contributed by atoms with van der Waals surface area (Å²) in [5, 5.41) is 7.07. The standard InChI is InChI=1S/C32H59N3O4/c1-27(2,3)24(36)31(13,33-29(7,8)9)19-17-15-14-16-18-22-39-26(38)35-21-20-32(23-35,34-30(10,11)12)25(37)28(4,5)6/h14-15,33-34H,16-23H2,1-13H3/b15-14+/t31-,32+/m1/s1. The van der Waals surface area contributed by atoms with Gasteiger partial charge >= 0.3 is 6.09 Å². The number of nitrogens with zero attached hydrogens (tertiary/aromatic N) is 1. The van der Waals surface area contributed by atoms with E-state index in [1.165, 1.54) is 0 Å². The summed E-state index contributed by atoms with van der Waals surface area (Å²) in [7, 11) is 0. The van der Waals surface area contributed by atoms with Crippen LogP contribution in [0.2, 0.25) is 0 Å². The highest BCUT2D eigenvalue weighted by atomic mass is 16.6. The fraction of sp³-hybridized carbons (Fsp3) is 0.844. The van der Waals surface area contributed by atoms with Crippen LogP contribution in [-0.2, 0) is 14.3 Å². The zero-order valence-electron chi connectivity index (χ0n) is 27.4. The summed E-state index contributed by atoms with van der Waals surface area (Å²) < 4.78 is 5.56. The van der Waals surface area contributed by atoms with E-state index in [1.807, 2.05) is 69.2 Å². The summed E-state index contributed by atoms with van der Waals surface area (Å²) in [5.74, 6) is 0.349. The largest absolute Gasteiger partial charge is 0.449 e. The van der Waals surface area contributed by atoms with Crippen LogP contribution in [0.1, 0.15) is 122 Å². The predicted octanol–water partition coefficient (Wildman–Crippen LogP) is 6.45. The van der Waals surface area contributed by atoms with E-state index in [0.717, 1.165) is 25.7 Å². The number of amides is 1. The molecule has 1 aliphatic heterocycles. The Morgan fingerprint density at radius 2 is 1.38 bits per heavy atom. The molecular formula is C32H59N3O4. The van der Waals surface area contributed by atoms with E-state index in [9.17, 15) is 14.4 Å². The number of Topliss-reactive ketones (excluding diaryl/α,β-unsaturated/α-hetero) is 2. The van der Waals surface area contributed by atoms with Gasteiger partial charge in [0.15, 0.2) is 11.6 Å². The molecule has 0 unspecified atom stereocenters. The lowest BCUT2D eigenvalue weighted by atomic mass is 9.75. The van der Waals surface area contributed by atoms with Crippen LogP contribution >= 0.6 is 0 Å². The van der Waals surface area contributed by atoms with Gasteiger partial charge in [-0.2, -0.15) is 0 Å². The van der Waals surface area contributed by atoms with Crippen molar-refractivity contribution in [1.82, 2.24) is 15.5 Å². The predicted molar refractivity (Wildman–Crippen MR) is 161 cm³/mol. The normalized spacial score (nSPS) is 20.8. The number of hydrogen-bond donors (Lipinski definition) is 2. The Kier molecular flexibility index (Phi) is 11.6. The van der Waals surface area contributed by atoms with Crippen LogP contribution in [0.15, 0.2) is 12.2 Å². The van der Waals surface area contributed by atoms with Gasteiger partial charge in [0, 0.05) is 35.0 Å². The molecule has 2 N–H and O–H groups in total. The molecule has 1 saturated heterocycles. The lowest BCUT2D eigenvalue weighted by Crippen LogP contribution is -2.63. The van der Waals surface area contributed by atoms with Gasteiger partial charge in [-0.05, 0) is 80.6 Å². The maximum absolute atomic E-state index is 13.4. The molecule has 0 spiro atoms. The van der Waals surface area contributed by atoms with Gasteiger partial charge in [-0.3, -0.25) is 14.9 Å². The van der Waals surface area contributed by atoms with Gasteiger partial charge in [-0.15, -0.1) is 0 Å². The summed E-state index contributed by atoms with van der Waals surface area (Å²) in [6, 6.07) is 0. The Morgan fingerprint density at radius 1 is 0.821 bits per heavy atom. The van der Waals surface area contributed by atoms with E-state index in [0.29, 0.717) is 26.1 Å². The average molecular weight is 550 g/mol. The number of nitrogens with one attached hydrogen (secondary N) is 2. The monoisotopic (exact) mass is 549 g/mol. The Morgan fingerprint density at radius 3 is 1.87 bits per heavy atom. The van der Waals surface area contributed by atoms with Gasteiger partial charge in [0.05, 0.1) is 17.7 Å². The second-order valence-corrected chi connectivity index (χ2v) is 15.8. The molecule has 0 aromatic carbocycles. The number of hydrogen-bond acceptors (Lipinski definition) is 6. The molecular weight excluding hydrogens is 490 g/mol. The first-order chi connectivity index (χ1) is 17.4. The lowest BCUT2D eigenvalue weighted by molar-refractivity contribution is -0.134. The summed E-state index contributed by atoms with van der Waals surface area (Å²) in [6.07, 6.45) is 7.47. The molecule has 0 aromatic rings. The van der Waals surface area contributed by atoms with Crippen LogP contribution < -0.4 is 10.6 Å². The fourth-order valence-corrected chi connectivity index (χ4v) is 5.69. The molecule has 1 fully saturated rings. The van der Waals surface area contributed by atoms with Crippen molar-refractivity contribution in [2.24, 2.45) is 10.8 Å². The maximum atomic E-state index is 13.4. The quantitative estimate of drug-likeness (QED) is 0.227. The van der Waals surface area contributed by atoms with Crippen LogP contribution in [0.3, 0.4) is 0 Å². The molecule has 2 atom stereocenters. The molecule has 1 aliphatic rings. The van der Waals surface area contributed by atoms with Crippen LogP contribution in [-0.4, -0.2) is 64.4 Å². The number of allylic oxidation sites excluding steroid dienone is 2. The minimum absolute atomic E-state index is 0.128. The van der Waals surface area contributed by atoms with Crippen molar-refractivity contribution < 1.29 is 19.1 Å². The molecule has 39 heavy (non-hydrogen) atoms. The Bertz CT molecular complexity index is 883. The zero-order chi connectivity index (χ0) is 30.5. The van der Waals surface area contributed by atoms with Crippen LogP contribution in [0.4, 0.5) is 4.79 Å². The van der Waals surface area contributed by atoms with Crippen molar-refractivity contribution in [3.63, 3.8) is 0 Å². The second-order valence-electron chi connectivity index (χ2n) is 15.8. The van der Waals surface area contributed by atoms with Crippen molar-refractivity contribution in [3.8, 4) is 0 Å². The third kappa shape index (κ3) is 11.3. The average Bonchev–Trinajstić information content (AvgIpc) is 3.15. The summed E-state index contributed by atoms with van der Waals surface area (Å²) in [6.45, 7) is 27.3. The van der Waals surface area contributed by atoms with Gasteiger partial charge in [0.25, 0.3) is 0 Å². The number of carbonyl (C=O) groups is 3. The third-order valence-electron chi connectivity index (χ3n) is 6.81. The highest BCUT2D eigenvalue weighted by Crippen LogP contribution is 2.33. The number of ketones is 2.